The monoisotopic (exact) mass is 180 g/mol. The van der Waals surface area contributed by atoms with Crippen molar-refractivity contribution in [1.82, 2.24) is 0 Å². The Morgan fingerprint density at radius 2 is 1.67 bits per heavy atom. The van der Waals surface area contributed by atoms with Crippen LogP contribution >= 0.6 is 0 Å². The topological polar surface area (TPSA) is 60.4 Å². The predicted molar refractivity (Wildman–Crippen MR) is 42.7 cm³/mol. The first-order chi connectivity index (χ1) is 5.13. The first kappa shape index (κ1) is 14.4. The smallest absolute Gasteiger partial charge is 0.750 e. The largest absolute Gasteiger partial charge is 1.00 e. The van der Waals surface area contributed by atoms with Crippen LogP contribution in [0.1, 0.15) is 5.56 Å². The van der Waals surface area contributed by atoms with Crippen LogP contribution < -0.4 is 18.9 Å². The maximum atomic E-state index is 8.56. The molecule has 0 aliphatic rings. The predicted octanol–water partition coefficient (Wildman–Crippen LogP) is -1.66. The minimum atomic E-state index is -2.86. The van der Waals surface area contributed by atoms with E-state index < -0.39 is 11.4 Å². The molecule has 0 heterocycles. The zero-order valence-corrected chi connectivity index (χ0v) is 7.88. The molecule has 62 valence electrons. The molecule has 0 amide bonds. The van der Waals surface area contributed by atoms with Crippen LogP contribution in [0.2, 0.25) is 0 Å². The summed E-state index contributed by atoms with van der Waals surface area (Å²) in [6, 6.07) is 10.3. The Morgan fingerprint density at radius 1 is 1.33 bits per heavy atom. The number of hydrogen-bond donors (Lipinski definition) is 1. The van der Waals surface area contributed by atoms with Gasteiger partial charge in [-0.2, -0.15) is 0 Å². The number of rotatable bonds is 0. The summed E-state index contributed by atoms with van der Waals surface area (Å²) in [6.45, 7) is 2.08. The van der Waals surface area contributed by atoms with Crippen LogP contribution in [0.15, 0.2) is 30.3 Å². The van der Waals surface area contributed by atoms with Crippen molar-refractivity contribution in [3.63, 3.8) is 0 Å². The molecule has 1 N–H and O–H groups in total. The van der Waals surface area contributed by atoms with Gasteiger partial charge in [0.1, 0.15) is 0 Å². The van der Waals surface area contributed by atoms with Crippen molar-refractivity contribution in [3.8, 4) is 0 Å². The van der Waals surface area contributed by atoms with E-state index in [9.17, 15) is 0 Å². The number of aryl methyl sites for hydroxylation is 1. The molecular formula is C7H9LiO3S. The van der Waals surface area contributed by atoms with Gasteiger partial charge < -0.3 is 9.11 Å². The van der Waals surface area contributed by atoms with E-state index in [0.717, 1.165) is 0 Å². The summed E-state index contributed by atoms with van der Waals surface area (Å²) in [7, 11) is 0. The third-order valence-electron chi connectivity index (χ3n) is 0.940. The number of benzene rings is 1. The SMILES string of the molecule is Cc1ccccc1.O=S([O-])O.[Li+]. The molecule has 1 atom stereocenters. The quantitative estimate of drug-likeness (QED) is 0.384. The molecule has 1 rings (SSSR count). The summed E-state index contributed by atoms with van der Waals surface area (Å²) >= 11 is -2.86. The van der Waals surface area contributed by atoms with Gasteiger partial charge in [0.05, 0.1) is 11.4 Å². The second-order valence-corrected chi connectivity index (χ2v) is 2.31. The summed E-state index contributed by atoms with van der Waals surface area (Å²) in [5.74, 6) is 0. The van der Waals surface area contributed by atoms with Gasteiger partial charge in [0, 0.05) is 0 Å². The van der Waals surface area contributed by atoms with E-state index in [1.807, 2.05) is 18.2 Å². The van der Waals surface area contributed by atoms with Gasteiger partial charge in [0.25, 0.3) is 0 Å². The van der Waals surface area contributed by atoms with Gasteiger partial charge in [-0.1, -0.05) is 35.9 Å². The Hall–Kier alpha value is -0.113. The molecule has 3 nitrogen and oxygen atoms in total. The maximum Gasteiger partial charge on any atom is 1.00 e. The number of hydrogen-bond acceptors (Lipinski definition) is 2. The molecule has 1 aromatic rings. The van der Waals surface area contributed by atoms with Gasteiger partial charge in [0.2, 0.25) is 0 Å². The van der Waals surface area contributed by atoms with Gasteiger partial charge in [0.15, 0.2) is 0 Å². The van der Waals surface area contributed by atoms with Gasteiger partial charge in [-0.3, -0.25) is 0 Å². The van der Waals surface area contributed by atoms with Gasteiger partial charge in [-0.15, -0.1) is 0 Å². The molecule has 0 aliphatic heterocycles. The van der Waals surface area contributed by atoms with Crippen LogP contribution in [0.5, 0.6) is 0 Å². The minimum absolute atomic E-state index is 0. The van der Waals surface area contributed by atoms with Gasteiger partial charge >= 0.3 is 18.9 Å². The summed E-state index contributed by atoms with van der Waals surface area (Å²) in [4.78, 5) is 0. The van der Waals surface area contributed by atoms with Gasteiger partial charge in [-0.05, 0) is 6.92 Å². The Morgan fingerprint density at radius 3 is 1.83 bits per heavy atom. The first-order valence-electron chi connectivity index (χ1n) is 2.93. The second kappa shape index (κ2) is 8.98. The average Bonchev–Trinajstić information content (AvgIpc) is 1.87. The van der Waals surface area contributed by atoms with Crippen molar-refractivity contribution in [1.29, 1.82) is 0 Å². The normalized spacial score (nSPS) is 10.2. The molecule has 0 fully saturated rings. The zero-order valence-electron chi connectivity index (χ0n) is 7.06. The van der Waals surface area contributed by atoms with E-state index in [2.05, 4.69) is 19.1 Å². The molecule has 0 spiro atoms. The van der Waals surface area contributed by atoms with Crippen LogP contribution in [0, 0.1) is 6.92 Å². The third-order valence-corrected chi connectivity index (χ3v) is 0.940. The fourth-order valence-electron chi connectivity index (χ4n) is 0.534. The molecule has 1 unspecified atom stereocenters. The molecule has 0 radical (unpaired) electrons. The van der Waals surface area contributed by atoms with E-state index in [1.165, 1.54) is 5.56 Å². The molecule has 5 heteroatoms. The fraction of sp³-hybridized carbons (Fsp3) is 0.143. The van der Waals surface area contributed by atoms with Crippen LogP contribution in [0.25, 0.3) is 0 Å². The van der Waals surface area contributed by atoms with E-state index in [4.69, 9.17) is 13.3 Å². The Kier molecular flexibility index (Phi) is 10.8. The van der Waals surface area contributed by atoms with Gasteiger partial charge in [-0.25, -0.2) is 4.21 Å². The molecule has 1 aromatic carbocycles. The molecular weight excluding hydrogens is 171 g/mol. The maximum absolute atomic E-state index is 8.56. The Balaban J connectivity index is 0. The van der Waals surface area contributed by atoms with E-state index in [-0.39, 0.29) is 18.9 Å². The standard InChI is InChI=1S/C7H8.Li.H2O3S/c1-7-5-3-2-4-6-7;;1-4(2)3/h2-6H,1H3;;(H2,1,2,3)/q;+1;/p-1. The van der Waals surface area contributed by atoms with Crippen molar-refractivity contribution in [2.75, 3.05) is 0 Å². The van der Waals surface area contributed by atoms with Crippen LogP contribution in [-0.2, 0) is 11.4 Å². The zero-order chi connectivity index (χ0) is 8.69. The molecule has 0 saturated carbocycles. The van der Waals surface area contributed by atoms with E-state index in [0.29, 0.717) is 0 Å². The summed E-state index contributed by atoms with van der Waals surface area (Å²) in [5.41, 5.74) is 1.32. The fourth-order valence-corrected chi connectivity index (χ4v) is 0.534. The summed E-state index contributed by atoms with van der Waals surface area (Å²) < 4.78 is 24.1. The van der Waals surface area contributed by atoms with Crippen LogP contribution in [0.4, 0.5) is 0 Å². The van der Waals surface area contributed by atoms with E-state index >= 15 is 0 Å². The van der Waals surface area contributed by atoms with E-state index in [1.54, 1.807) is 0 Å². The summed E-state index contributed by atoms with van der Waals surface area (Å²) in [6.07, 6.45) is 0. The molecule has 0 aliphatic carbocycles. The van der Waals surface area contributed by atoms with Crippen molar-refractivity contribution < 1.29 is 32.2 Å². The second-order valence-electron chi connectivity index (χ2n) is 1.87. The minimum Gasteiger partial charge on any atom is -0.750 e. The van der Waals surface area contributed by atoms with Crippen molar-refractivity contribution in [2.45, 2.75) is 6.92 Å². The summed E-state index contributed by atoms with van der Waals surface area (Å²) in [5, 5.41) is 0. The van der Waals surface area contributed by atoms with Crippen molar-refractivity contribution in [2.24, 2.45) is 0 Å². The van der Waals surface area contributed by atoms with Crippen molar-refractivity contribution >= 4 is 11.4 Å². The van der Waals surface area contributed by atoms with Crippen LogP contribution in [-0.4, -0.2) is 13.3 Å². The molecule has 0 aromatic heterocycles. The Labute approximate surface area is 86.5 Å². The van der Waals surface area contributed by atoms with Crippen molar-refractivity contribution in [3.05, 3.63) is 35.9 Å². The Bertz CT molecular complexity index is 211. The van der Waals surface area contributed by atoms with Crippen LogP contribution in [0.3, 0.4) is 0 Å². The molecule has 12 heavy (non-hydrogen) atoms. The third kappa shape index (κ3) is 12.6. The molecule has 0 saturated heterocycles. The molecule has 0 bridgehead atoms. The average molecular weight is 180 g/mol. The first-order valence-corrected chi connectivity index (χ1v) is 3.96.